The lowest BCUT2D eigenvalue weighted by atomic mass is 10.2. The van der Waals surface area contributed by atoms with E-state index in [1.807, 2.05) is 24.3 Å². The summed E-state index contributed by atoms with van der Waals surface area (Å²) in [5.41, 5.74) is 1.73. The van der Waals surface area contributed by atoms with E-state index in [0.29, 0.717) is 24.5 Å². The largest absolute Gasteiger partial charge is 0.481 e. The third kappa shape index (κ3) is 4.72. The molecule has 1 saturated heterocycles. The minimum Gasteiger partial charge on any atom is -0.481 e. The van der Waals surface area contributed by atoms with Gasteiger partial charge in [-0.25, -0.2) is 8.42 Å². The smallest absolute Gasteiger partial charge is 0.265 e. The van der Waals surface area contributed by atoms with Gasteiger partial charge in [-0.15, -0.1) is 0 Å². The van der Waals surface area contributed by atoms with E-state index in [4.69, 9.17) is 4.74 Å². The Bertz CT molecular complexity index is 902. The molecule has 1 amide bonds. The third-order valence-corrected chi connectivity index (χ3v) is 6.75. The first kappa shape index (κ1) is 20.4. The van der Waals surface area contributed by atoms with Crippen molar-refractivity contribution in [1.82, 2.24) is 4.31 Å². The Kier molecular flexibility index (Phi) is 6.36. The Morgan fingerprint density at radius 3 is 2.25 bits per heavy atom. The second kappa shape index (κ2) is 8.75. The monoisotopic (exact) mass is 402 g/mol. The van der Waals surface area contributed by atoms with E-state index in [-0.39, 0.29) is 10.8 Å². The summed E-state index contributed by atoms with van der Waals surface area (Å²) in [7, 11) is -3.45. The van der Waals surface area contributed by atoms with Gasteiger partial charge in [0.25, 0.3) is 5.91 Å². The van der Waals surface area contributed by atoms with Crippen molar-refractivity contribution >= 4 is 21.6 Å². The van der Waals surface area contributed by atoms with E-state index in [0.717, 1.165) is 19.3 Å². The number of ether oxygens (including phenoxy) is 1. The maximum absolute atomic E-state index is 12.5. The number of anilines is 1. The van der Waals surface area contributed by atoms with Crippen molar-refractivity contribution in [3.8, 4) is 5.75 Å². The number of benzene rings is 2. The average molecular weight is 403 g/mol. The van der Waals surface area contributed by atoms with Crippen LogP contribution in [0.25, 0.3) is 0 Å². The Morgan fingerprint density at radius 2 is 1.68 bits per heavy atom. The van der Waals surface area contributed by atoms with Crippen LogP contribution in [0.15, 0.2) is 53.4 Å². The highest BCUT2D eigenvalue weighted by atomic mass is 32.2. The van der Waals surface area contributed by atoms with E-state index in [1.165, 1.54) is 22.0 Å². The summed E-state index contributed by atoms with van der Waals surface area (Å²) >= 11 is 0. The van der Waals surface area contributed by atoms with Crippen LogP contribution in [-0.2, 0) is 21.2 Å². The zero-order chi connectivity index (χ0) is 20.1. The lowest BCUT2D eigenvalue weighted by Gasteiger charge is -2.17. The van der Waals surface area contributed by atoms with Crippen molar-refractivity contribution in [2.24, 2.45) is 0 Å². The molecule has 7 heteroatoms. The molecule has 1 heterocycles. The molecule has 2 aromatic carbocycles. The number of rotatable bonds is 7. The Balaban J connectivity index is 1.60. The fourth-order valence-electron chi connectivity index (χ4n) is 3.09. The standard InChI is InChI=1S/C21H26N2O4S/c1-3-17-6-10-19(11-7-17)27-16(2)21(24)22-18-8-12-20(13-9-18)28(25,26)23-14-4-5-15-23/h6-13,16H,3-5,14-15H2,1-2H3,(H,22,24)/t16-/m0/s1. The van der Waals surface area contributed by atoms with Gasteiger partial charge in [0.1, 0.15) is 5.75 Å². The summed E-state index contributed by atoms with van der Waals surface area (Å²) < 4.78 is 32.3. The molecule has 1 aliphatic rings. The first-order valence-corrected chi connectivity index (χ1v) is 11.0. The number of nitrogens with one attached hydrogen (secondary N) is 1. The molecule has 0 saturated carbocycles. The van der Waals surface area contributed by atoms with Crippen LogP contribution >= 0.6 is 0 Å². The molecule has 150 valence electrons. The molecule has 28 heavy (non-hydrogen) atoms. The number of amides is 1. The van der Waals surface area contributed by atoms with E-state index in [9.17, 15) is 13.2 Å². The van der Waals surface area contributed by atoms with Gasteiger partial charge in [-0.1, -0.05) is 19.1 Å². The van der Waals surface area contributed by atoms with Crippen molar-refractivity contribution < 1.29 is 17.9 Å². The van der Waals surface area contributed by atoms with Crippen LogP contribution in [0.5, 0.6) is 5.75 Å². The number of nitrogens with zero attached hydrogens (tertiary/aromatic N) is 1. The van der Waals surface area contributed by atoms with Gasteiger partial charge in [-0.2, -0.15) is 4.31 Å². The second-order valence-electron chi connectivity index (χ2n) is 6.88. The van der Waals surface area contributed by atoms with Gasteiger partial charge < -0.3 is 10.1 Å². The molecular formula is C21H26N2O4S. The zero-order valence-electron chi connectivity index (χ0n) is 16.2. The van der Waals surface area contributed by atoms with Crippen molar-refractivity contribution in [3.63, 3.8) is 0 Å². The van der Waals surface area contributed by atoms with Crippen molar-refractivity contribution in [3.05, 3.63) is 54.1 Å². The molecule has 1 N–H and O–H groups in total. The molecule has 0 bridgehead atoms. The molecule has 6 nitrogen and oxygen atoms in total. The highest BCUT2D eigenvalue weighted by Crippen LogP contribution is 2.22. The van der Waals surface area contributed by atoms with Gasteiger partial charge in [0.05, 0.1) is 4.90 Å². The SMILES string of the molecule is CCc1ccc(O[C@@H](C)C(=O)Nc2ccc(S(=O)(=O)N3CCCC3)cc2)cc1. The Labute approximate surface area is 166 Å². The van der Waals surface area contributed by atoms with Crippen LogP contribution in [0.3, 0.4) is 0 Å². The summed E-state index contributed by atoms with van der Waals surface area (Å²) in [6.45, 7) is 4.88. The molecule has 2 aromatic rings. The van der Waals surface area contributed by atoms with Crippen LogP contribution in [0.4, 0.5) is 5.69 Å². The Hall–Kier alpha value is -2.38. The van der Waals surface area contributed by atoms with Gasteiger partial charge in [0, 0.05) is 18.8 Å². The van der Waals surface area contributed by atoms with Gasteiger partial charge in [0.15, 0.2) is 6.10 Å². The summed E-state index contributed by atoms with van der Waals surface area (Å²) in [4.78, 5) is 12.6. The molecular weight excluding hydrogens is 376 g/mol. The van der Waals surface area contributed by atoms with Crippen LogP contribution in [0, 0.1) is 0 Å². The topological polar surface area (TPSA) is 75.7 Å². The fourth-order valence-corrected chi connectivity index (χ4v) is 4.61. The first-order valence-electron chi connectivity index (χ1n) is 9.57. The molecule has 0 spiro atoms. The van der Waals surface area contributed by atoms with Crippen molar-refractivity contribution in [2.75, 3.05) is 18.4 Å². The number of carbonyl (C=O) groups is 1. The van der Waals surface area contributed by atoms with E-state index in [2.05, 4.69) is 12.2 Å². The molecule has 0 unspecified atom stereocenters. The predicted octanol–water partition coefficient (Wildman–Crippen LogP) is 3.44. The molecule has 1 fully saturated rings. The van der Waals surface area contributed by atoms with Crippen LogP contribution in [0.2, 0.25) is 0 Å². The van der Waals surface area contributed by atoms with Crippen LogP contribution < -0.4 is 10.1 Å². The molecule has 3 rings (SSSR count). The number of sulfonamides is 1. The third-order valence-electron chi connectivity index (χ3n) is 4.84. The minimum absolute atomic E-state index is 0.243. The van der Waals surface area contributed by atoms with Crippen molar-refractivity contribution in [1.29, 1.82) is 0 Å². The second-order valence-corrected chi connectivity index (χ2v) is 8.82. The van der Waals surface area contributed by atoms with Crippen LogP contribution in [-0.4, -0.2) is 37.8 Å². The highest BCUT2D eigenvalue weighted by molar-refractivity contribution is 7.89. The fraction of sp³-hybridized carbons (Fsp3) is 0.381. The molecule has 1 aliphatic heterocycles. The maximum Gasteiger partial charge on any atom is 0.265 e. The normalized spacial score (nSPS) is 15.9. The zero-order valence-corrected chi connectivity index (χ0v) is 17.0. The number of hydrogen-bond donors (Lipinski definition) is 1. The van der Waals surface area contributed by atoms with E-state index >= 15 is 0 Å². The maximum atomic E-state index is 12.5. The number of hydrogen-bond acceptors (Lipinski definition) is 4. The molecule has 1 atom stereocenters. The summed E-state index contributed by atoms with van der Waals surface area (Å²) in [6.07, 6.45) is 2.05. The van der Waals surface area contributed by atoms with E-state index in [1.54, 1.807) is 19.1 Å². The summed E-state index contributed by atoms with van der Waals surface area (Å²) in [6, 6.07) is 13.9. The highest BCUT2D eigenvalue weighted by Gasteiger charge is 2.27. The average Bonchev–Trinajstić information content (AvgIpc) is 3.25. The number of carbonyl (C=O) groups excluding carboxylic acids is 1. The van der Waals surface area contributed by atoms with Crippen molar-refractivity contribution in [2.45, 2.75) is 44.1 Å². The quantitative estimate of drug-likeness (QED) is 0.770. The Morgan fingerprint density at radius 1 is 1.07 bits per heavy atom. The molecule has 0 radical (unpaired) electrons. The first-order chi connectivity index (χ1) is 13.4. The lowest BCUT2D eigenvalue weighted by molar-refractivity contribution is -0.122. The molecule has 0 aromatic heterocycles. The van der Waals surface area contributed by atoms with E-state index < -0.39 is 16.1 Å². The van der Waals surface area contributed by atoms with Gasteiger partial charge in [0.2, 0.25) is 10.0 Å². The summed E-state index contributed by atoms with van der Waals surface area (Å²) in [5, 5.41) is 2.76. The summed E-state index contributed by atoms with van der Waals surface area (Å²) in [5.74, 6) is 0.335. The number of aryl methyl sites for hydroxylation is 1. The van der Waals surface area contributed by atoms with Gasteiger partial charge >= 0.3 is 0 Å². The minimum atomic E-state index is -3.45. The van der Waals surface area contributed by atoms with Gasteiger partial charge in [-0.05, 0) is 68.1 Å². The van der Waals surface area contributed by atoms with Gasteiger partial charge in [-0.3, -0.25) is 4.79 Å². The lowest BCUT2D eigenvalue weighted by Crippen LogP contribution is -2.30. The van der Waals surface area contributed by atoms with Crippen LogP contribution in [0.1, 0.15) is 32.3 Å². The predicted molar refractivity (Wildman–Crippen MR) is 109 cm³/mol. The molecule has 0 aliphatic carbocycles.